The van der Waals surface area contributed by atoms with Crippen LogP contribution in [0.3, 0.4) is 0 Å². The van der Waals surface area contributed by atoms with Crippen LogP contribution in [0.2, 0.25) is 0 Å². The van der Waals surface area contributed by atoms with E-state index < -0.39 is 0 Å². The van der Waals surface area contributed by atoms with E-state index in [9.17, 15) is 9.90 Å². The quantitative estimate of drug-likeness (QED) is 0.914. The number of rotatable bonds is 4. The Morgan fingerprint density at radius 3 is 2.60 bits per heavy atom. The van der Waals surface area contributed by atoms with Gasteiger partial charge >= 0.3 is 0 Å². The molecule has 5 heteroatoms. The van der Waals surface area contributed by atoms with Crippen molar-refractivity contribution in [1.29, 1.82) is 0 Å². The fourth-order valence-electron chi connectivity index (χ4n) is 2.53. The number of likely N-dealkylation sites (tertiary alicyclic amines) is 1. The SMILES string of the molecule is COCC1CCN(C(=O)c2ccc(OC)cc2O)CC1. The predicted octanol–water partition coefficient (Wildman–Crippen LogP) is 1.90. The topological polar surface area (TPSA) is 59.0 Å². The molecule has 1 fully saturated rings. The normalized spacial score (nSPS) is 16.2. The van der Waals surface area contributed by atoms with Crippen LogP contribution in [0.15, 0.2) is 18.2 Å². The van der Waals surface area contributed by atoms with Gasteiger partial charge in [0.05, 0.1) is 12.7 Å². The third-order valence-electron chi connectivity index (χ3n) is 3.74. The van der Waals surface area contributed by atoms with E-state index in [2.05, 4.69) is 0 Å². The summed E-state index contributed by atoms with van der Waals surface area (Å²) in [6.45, 7) is 2.16. The van der Waals surface area contributed by atoms with Crippen molar-refractivity contribution in [2.75, 3.05) is 33.9 Å². The lowest BCUT2D eigenvalue weighted by Gasteiger charge is -2.31. The van der Waals surface area contributed by atoms with Crippen LogP contribution < -0.4 is 4.74 Å². The average Bonchev–Trinajstić information content (AvgIpc) is 2.47. The van der Waals surface area contributed by atoms with Crippen molar-refractivity contribution < 1.29 is 19.4 Å². The predicted molar refractivity (Wildman–Crippen MR) is 75.2 cm³/mol. The largest absolute Gasteiger partial charge is 0.507 e. The molecular formula is C15H21NO4. The summed E-state index contributed by atoms with van der Waals surface area (Å²) in [4.78, 5) is 14.2. The molecule has 0 unspecified atom stereocenters. The summed E-state index contributed by atoms with van der Waals surface area (Å²) < 4.78 is 10.2. The zero-order chi connectivity index (χ0) is 14.5. The standard InChI is InChI=1S/C15H21NO4/c1-19-10-11-5-7-16(8-6-11)15(18)13-4-3-12(20-2)9-14(13)17/h3-4,9,11,17H,5-8,10H2,1-2H3. The number of nitrogens with zero attached hydrogens (tertiary/aromatic N) is 1. The van der Waals surface area contributed by atoms with E-state index in [4.69, 9.17) is 9.47 Å². The molecule has 0 radical (unpaired) electrons. The number of aromatic hydroxyl groups is 1. The molecule has 1 saturated heterocycles. The molecule has 1 aromatic carbocycles. The molecule has 2 rings (SSSR count). The van der Waals surface area contributed by atoms with Gasteiger partial charge in [0.2, 0.25) is 0 Å². The number of methoxy groups -OCH3 is 2. The molecule has 20 heavy (non-hydrogen) atoms. The first-order valence-corrected chi connectivity index (χ1v) is 6.81. The van der Waals surface area contributed by atoms with Crippen LogP contribution in [0.4, 0.5) is 0 Å². The Hall–Kier alpha value is -1.75. The number of piperidine rings is 1. The molecule has 1 aliphatic heterocycles. The third-order valence-corrected chi connectivity index (χ3v) is 3.74. The van der Waals surface area contributed by atoms with Crippen LogP contribution in [0, 0.1) is 5.92 Å². The number of ether oxygens (including phenoxy) is 2. The van der Waals surface area contributed by atoms with Crippen molar-refractivity contribution in [2.24, 2.45) is 5.92 Å². The molecule has 1 amide bonds. The number of carbonyl (C=O) groups is 1. The minimum atomic E-state index is -0.124. The van der Waals surface area contributed by atoms with Gasteiger partial charge in [0, 0.05) is 32.9 Å². The Balaban J connectivity index is 2.02. The van der Waals surface area contributed by atoms with Crippen LogP contribution in [0.25, 0.3) is 0 Å². The molecule has 0 spiro atoms. The Labute approximate surface area is 119 Å². The van der Waals surface area contributed by atoms with Crippen molar-refractivity contribution in [2.45, 2.75) is 12.8 Å². The minimum Gasteiger partial charge on any atom is -0.507 e. The van der Waals surface area contributed by atoms with Crippen molar-refractivity contribution in [1.82, 2.24) is 4.90 Å². The third kappa shape index (κ3) is 3.22. The summed E-state index contributed by atoms with van der Waals surface area (Å²) in [5.41, 5.74) is 0.330. The van der Waals surface area contributed by atoms with Crippen LogP contribution in [0.1, 0.15) is 23.2 Å². The molecule has 0 aliphatic carbocycles. The summed E-state index contributed by atoms with van der Waals surface area (Å²) in [5, 5.41) is 9.91. The zero-order valence-electron chi connectivity index (χ0n) is 12.0. The van der Waals surface area contributed by atoms with Gasteiger partial charge in [0.15, 0.2) is 0 Å². The molecule has 1 aliphatic rings. The Morgan fingerprint density at radius 1 is 1.35 bits per heavy atom. The summed E-state index contributed by atoms with van der Waals surface area (Å²) in [5.74, 6) is 0.903. The highest BCUT2D eigenvalue weighted by Gasteiger charge is 2.25. The van der Waals surface area contributed by atoms with Gasteiger partial charge in [-0.1, -0.05) is 0 Å². The van der Waals surface area contributed by atoms with Gasteiger partial charge in [-0.15, -0.1) is 0 Å². The van der Waals surface area contributed by atoms with E-state index in [0.717, 1.165) is 19.4 Å². The van der Waals surface area contributed by atoms with E-state index in [1.807, 2.05) is 0 Å². The minimum absolute atomic E-state index is 0.0339. The number of phenolic OH excluding ortho intramolecular Hbond substituents is 1. The van der Waals surface area contributed by atoms with Crippen molar-refractivity contribution in [3.63, 3.8) is 0 Å². The van der Waals surface area contributed by atoms with Gasteiger partial charge in [0.25, 0.3) is 5.91 Å². The average molecular weight is 279 g/mol. The van der Waals surface area contributed by atoms with E-state index in [1.165, 1.54) is 13.2 Å². The highest BCUT2D eigenvalue weighted by Crippen LogP contribution is 2.26. The fourth-order valence-corrected chi connectivity index (χ4v) is 2.53. The van der Waals surface area contributed by atoms with Gasteiger partial charge in [0.1, 0.15) is 11.5 Å². The molecule has 0 aromatic heterocycles. The maximum absolute atomic E-state index is 12.4. The highest BCUT2D eigenvalue weighted by atomic mass is 16.5. The number of amides is 1. The molecule has 0 atom stereocenters. The molecule has 110 valence electrons. The Morgan fingerprint density at radius 2 is 2.05 bits per heavy atom. The molecule has 0 saturated carbocycles. The maximum Gasteiger partial charge on any atom is 0.257 e. The van der Waals surface area contributed by atoms with Crippen LogP contribution in [0.5, 0.6) is 11.5 Å². The number of benzene rings is 1. The van der Waals surface area contributed by atoms with E-state index in [0.29, 0.717) is 30.3 Å². The Kier molecular flexibility index (Phi) is 4.84. The number of hydrogen-bond acceptors (Lipinski definition) is 4. The monoisotopic (exact) mass is 279 g/mol. The van der Waals surface area contributed by atoms with Crippen molar-refractivity contribution in [3.8, 4) is 11.5 Å². The lowest BCUT2D eigenvalue weighted by molar-refractivity contribution is 0.0611. The lowest BCUT2D eigenvalue weighted by Crippen LogP contribution is -2.39. The fraction of sp³-hybridized carbons (Fsp3) is 0.533. The molecular weight excluding hydrogens is 258 g/mol. The molecule has 0 bridgehead atoms. The second-order valence-electron chi connectivity index (χ2n) is 5.07. The van der Waals surface area contributed by atoms with Gasteiger partial charge < -0.3 is 19.5 Å². The summed E-state index contributed by atoms with van der Waals surface area (Å²) in [6.07, 6.45) is 1.88. The lowest BCUT2D eigenvalue weighted by atomic mass is 9.97. The first kappa shape index (κ1) is 14.7. The van der Waals surface area contributed by atoms with Crippen LogP contribution in [-0.4, -0.2) is 49.8 Å². The summed E-state index contributed by atoms with van der Waals surface area (Å²) >= 11 is 0. The summed E-state index contributed by atoms with van der Waals surface area (Å²) in [6, 6.07) is 4.76. The molecule has 1 heterocycles. The zero-order valence-corrected chi connectivity index (χ0v) is 12.0. The van der Waals surface area contributed by atoms with E-state index in [-0.39, 0.29) is 11.7 Å². The number of hydrogen-bond donors (Lipinski definition) is 1. The molecule has 5 nitrogen and oxygen atoms in total. The second-order valence-corrected chi connectivity index (χ2v) is 5.07. The number of phenols is 1. The van der Waals surface area contributed by atoms with Gasteiger partial charge in [-0.25, -0.2) is 0 Å². The van der Waals surface area contributed by atoms with Crippen molar-refractivity contribution in [3.05, 3.63) is 23.8 Å². The summed E-state index contributed by atoms with van der Waals surface area (Å²) in [7, 11) is 3.23. The highest BCUT2D eigenvalue weighted by molar-refractivity contribution is 5.97. The molecule has 1 aromatic rings. The van der Waals surface area contributed by atoms with E-state index in [1.54, 1.807) is 24.1 Å². The van der Waals surface area contributed by atoms with Crippen molar-refractivity contribution >= 4 is 5.91 Å². The molecule has 1 N–H and O–H groups in total. The second kappa shape index (κ2) is 6.61. The first-order chi connectivity index (χ1) is 9.65. The Bertz CT molecular complexity index is 467. The number of carbonyl (C=O) groups excluding carboxylic acids is 1. The van der Waals surface area contributed by atoms with Gasteiger partial charge in [-0.2, -0.15) is 0 Å². The van der Waals surface area contributed by atoms with E-state index >= 15 is 0 Å². The van der Waals surface area contributed by atoms with Crippen LogP contribution >= 0.6 is 0 Å². The van der Waals surface area contributed by atoms with Gasteiger partial charge in [-0.05, 0) is 30.9 Å². The smallest absolute Gasteiger partial charge is 0.257 e. The maximum atomic E-state index is 12.4. The van der Waals surface area contributed by atoms with Gasteiger partial charge in [-0.3, -0.25) is 4.79 Å². The first-order valence-electron chi connectivity index (χ1n) is 6.81. The van der Waals surface area contributed by atoms with Crippen LogP contribution in [-0.2, 0) is 4.74 Å².